The molecule has 2 atom stereocenters. The number of hydrogen-bond donors (Lipinski definition) is 0. The molecule has 0 aliphatic rings. The maximum absolute atomic E-state index is 12.7. The average Bonchev–Trinajstić information content (AvgIpc) is 3.32. The quantitative estimate of drug-likeness (QED) is 0.0256. The molecular weight excluding hydrogens is 894 g/mol. The van der Waals surface area contributed by atoms with E-state index < -0.39 is 26.5 Å². The second-order valence-corrected chi connectivity index (χ2v) is 23.9. The Hall–Kier alpha value is -0.990. The molecule has 9 nitrogen and oxygen atoms in total. The first kappa shape index (κ1) is 69.0. The molecule has 0 bridgehead atoms. The van der Waals surface area contributed by atoms with E-state index in [1.54, 1.807) is 0 Å². The lowest BCUT2D eigenvalue weighted by Gasteiger charge is -2.28. The Balaban J connectivity index is 3.63. The van der Waals surface area contributed by atoms with Crippen molar-refractivity contribution in [2.24, 2.45) is 0 Å². The van der Waals surface area contributed by atoms with Crippen LogP contribution in [0.3, 0.4) is 0 Å². The van der Waals surface area contributed by atoms with E-state index in [0.29, 0.717) is 17.4 Å². The zero-order chi connectivity index (χ0) is 51.3. The molecule has 0 heterocycles. The van der Waals surface area contributed by atoms with Gasteiger partial charge < -0.3 is 27.9 Å². The van der Waals surface area contributed by atoms with Crippen molar-refractivity contribution in [2.75, 3.05) is 47.5 Å². The summed E-state index contributed by atoms with van der Waals surface area (Å²) < 4.78 is 33.8. The molecule has 0 amide bonds. The average molecular weight is 1010 g/mol. The smallest absolute Gasteiger partial charge is 0.306 e. The normalized spacial score (nSPS) is 13.2. The van der Waals surface area contributed by atoms with Crippen molar-refractivity contribution in [2.45, 2.75) is 328 Å². The molecule has 0 aromatic heterocycles. The van der Waals surface area contributed by atoms with Crippen LogP contribution in [0.25, 0.3) is 0 Å². The fourth-order valence-electron chi connectivity index (χ4n) is 9.37. The third-order valence-corrected chi connectivity index (χ3v) is 15.1. The summed E-state index contributed by atoms with van der Waals surface area (Å²) in [5.74, 6) is -0.832. The molecule has 0 fully saturated rings. The first-order valence-corrected chi connectivity index (χ1v) is 32.2. The van der Waals surface area contributed by atoms with Gasteiger partial charge in [-0.05, 0) is 12.8 Å². The number of carbonyl (C=O) groups excluding carboxylic acids is 2. The number of esters is 2. The number of quaternary nitrogens is 1. The fourth-order valence-corrected chi connectivity index (χ4v) is 10.1. The van der Waals surface area contributed by atoms with Crippen LogP contribution >= 0.6 is 7.82 Å². The van der Waals surface area contributed by atoms with E-state index in [9.17, 15) is 19.0 Å². The standard InChI is InChI=1S/C60H120NO8P/c1-6-8-10-12-13-14-15-16-17-18-19-20-21-22-23-24-25-26-27-28-29-30-31-32-33-34-35-36-37-38-39-40-41-42-43-44-45-46-47-49-51-53-60(63)69-58(56-66-59(62)52-50-48-11-9-7-2)57-68-70(64,65)67-55-54-61(3,4)5/h58H,6-57H2,1-5H3. The van der Waals surface area contributed by atoms with Crippen LogP contribution in [0.5, 0.6) is 0 Å². The van der Waals surface area contributed by atoms with Crippen LogP contribution in [0.1, 0.15) is 322 Å². The van der Waals surface area contributed by atoms with Crippen LogP contribution in [0.2, 0.25) is 0 Å². The molecule has 0 rings (SSSR count). The maximum atomic E-state index is 12.7. The van der Waals surface area contributed by atoms with Gasteiger partial charge in [-0.25, -0.2) is 0 Å². The molecule has 0 saturated heterocycles. The van der Waals surface area contributed by atoms with Gasteiger partial charge >= 0.3 is 11.9 Å². The van der Waals surface area contributed by atoms with E-state index in [4.69, 9.17) is 18.5 Å². The molecule has 10 heteroatoms. The highest BCUT2D eigenvalue weighted by molar-refractivity contribution is 7.45. The van der Waals surface area contributed by atoms with E-state index >= 15 is 0 Å². The van der Waals surface area contributed by atoms with Crippen molar-refractivity contribution in [3.63, 3.8) is 0 Å². The lowest BCUT2D eigenvalue weighted by Crippen LogP contribution is -2.37. The highest BCUT2D eigenvalue weighted by Crippen LogP contribution is 2.38. The van der Waals surface area contributed by atoms with Crippen molar-refractivity contribution in [3.8, 4) is 0 Å². The Kier molecular flexibility index (Phi) is 52.1. The van der Waals surface area contributed by atoms with Gasteiger partial charge in [0.15, 0.2) is 6.10 Å². The number of phosphoric acid groups is 1. The van der Waals surface area contributed by atoms with Gasteiger partial charge in [-0.2, -0.15) is 0 Å². The predicted molar refractivity (Wildman–Crippen MR) is 296 cm³/mol. The summed E-state index contributed by atoms with van der Waals surface area (Å²) in [6, 6.07) is 0. The van der Waals surface area contributed by atoms with E-state index in [-0.39, 0.29) is 32.0 Å². The van der Waals surface area contributed by atoms with E-state index in [2.05, 4.69) is 13.8 Å². The van der Waals surface area contributed by atoms with Gasteiger partial charge in [0, 0.05) is 12.8 Å². The number of unbranched alkanes of at least 4 members (excludes halogenated alkanes) is 44. The molecule has 0 saturated carbocycles. The SMILES string of the molecule is CCCCCCCCCCCCCCCCCCCCCCCCCCCCCCCCCCCCCCCCCCCC(=O)OC(COC(=O)CCCCCCC)COP(=O)([O-])OCC[N+](C)(C)C. The monoisotopic (exact) mass is 1010 g/mol. The summed E-state index contributed by atoms with van der Waals surface area (Å²) in [6.07, 6.45) is 61.3. The molecule has 2 unspecified atom stereocenters. The Labute approximate surface area is 435 Å². The van der Waals surface area contributed by atoms with Crippen LogP contribution in [0.4, 0.5) is 0 Å². The third-order valence-electron chi connectivity index (χ3n) is 14.1. The molecule has 0 N–H and O–H groups in total. The number of carbonyl (C=O) groups is 2. The first-order chi connectivity index (χ1) is 34.0. The van der Waals surface area contributed by atoms with Gasteiger partial charge in [-0.3, -0.25) is 14.2 Å². The van der Waals surface area contributed by atoms with Gasteiger partial charge in [0.05, 0.1) is 27.7 Å². The molecule has 0 spiro atoms. The molecule has 418 valence electrons. The van der Waals surface area contributed by atoms with Crippen LogP contribution < -0.4 is 4.89 Å². The summed E-state index contributed by atoms with van der Waals surface area (Å²) in [4.78, 5) is 37.3. The van der Waals surface area contributed by atoms with Crippen molar-refractivity contribution >= 4 is 19.8 Å². The van der Waals surface area contributed by atoms with Crippen molar-refractivity contribution < 1.29 is 42.1 Å². The Morgan fingerprint density at radius 2 is 0.643 bits per heavy atom. The summed E-state index contributed by atoms with van der Waals surface area (Å²) in [6.45, 7) is 4.18. The fraction of sp³-hybridized carbons (Fsp3) is 0.967. The molecule has 0 aromatic carbocycles. The maximum Gasteiger partial charge on any atom is 0.306 e. The Bertz CT molecular complexity index is 1150. The minimum Gasteiger partial charge on any atom is -0.756 e. The Morgan fingerprint density at radius 3 is 0.914 bits per heavy atom. The summed E-state index contributed by atoms with van der Waals surface area (Å²) in [5, 5.41) is 0. The third kappa shape index (κ3) is 56.3. The predicted octanol–water partition coefficient (Wildman–Crippen LogP) is 18.4. The van der Waals surface area contributed by atoms with E-state index in [1.165, 1.54) is 244 Å². The van der Waals surface area contributed by atoms with Crippen LogP contribution in [0.15, 0.2) is 0 Å². The van der Waals surface area contributed by atoms with Crippen molar-refractivity contribution in [3.05, 3.63) is 0 Å². The molecule has 0 aliphatic carbocycles. The highest BCUT2D eigenvalue weighted by atomic mass is 31.2. The van der Waals surface area contributed by atoms with E-state index in [0.717, 1.165) is 44.9 Å². The number of ether oxygens (including phenoxy) is 2. The second kappa shape index (κ2) is 52.9. The largest absolute Gasteiger partial charge is 0.756 e. The topological polar surface area (TPSA) is 111 Å². The van der Waals surface area contributed by atoms with Crippen LogP contribution in [0, 0.1) is 0 Å². The van der Waals surface area contributed by atoms with Gasteiger partial charge in [-0.15, -0.1) is 0 Å². The summed E-state index contributed by atoms with van der Waals surface area (Å²) in [5.41, 5.74) is 0. The van der Waals surface area contributed by atoms with Crippen LogP contribution in [-0.4, -0.2) is 70.0 Å². The lowest BCUT2D eigenvalue weighted by molar-refractivity contribution is -0.870. The number of rotatable bonds is 58. The zero-order valence-electron chi connectivity index (χ0n) is 47.5. The molecule has 0 aromatic rings. The van der Waals surface area contributed by atoms with Gasteiger partial charge in [0.2, 0.25) is 0 Å². The summed E-state index contributed by atoms with van der Waals surface area (Å²) in [7, 11) is 1.18. The molecular formula is C60H120NO8P. The molecule has 0 radical (unpaired) electrons. The summed E-state index contributed by atoms with van der Waals surface area (Å²) >= 11 is 0. The van der Waals surface area contributed by atoms with E-state index in [1.807, 2.05) is 21.1 Å². The minimum atomic E-state index is -4.61. The number of phosphoric ester groups is 1. The van der Waals surface area contributed by atoms with Crippen molar-refractivity contribution in [1.82, 2.24) is 0 Å². The minimum absolute atomic E-state index is 0.0262. The Morgan fingerprint density at radius 1 is 0.386 bits per heavy atom. The molecule has 0 aliphatic heterocycles. The van der Waals surface area contributed by atoms with Crippen molar-refractivity contribution in [1.29, 1.82) is 0 Å². The first-order valence-electron chi connectivity index (χ1n) is 30.7. The number of hydrogen-bond acceptors (Lipinski definition) is 8. The van der Waals surface area contributed by atoms with Gasteiger partial charge in [0.25, 0.3) is 7.82 Å². The molecule has 70 heavy (non-hydrogen) atoms. The number of nitrogens with zero attached hydrogens (tertiary/aromatic N) is 1. The number of likely N-dealkylation sites (N-methyl/N-ethyl adjacent to an activating group) is 1. The second-order valence-electron chi connectivity index (χ2n) is 22.4. The zero-order valence-corrected chi connectivity index (χ0v) is 48.4. The van der Waals surface area contributed by atoms with Gasteiger partial charge in [0.1, 0.15) is 19.8 Å². The van der Waals surface area contributed by atoms with Crippen LogP contribution in [-0.2, 0) is 32.7 Å². The highest BCUT2D eigenvalue weighted by Gasteiger charge is 2.22. The lowest BCUT2D eigenvalue weighted by atomic mass is 10.0. The van der Waals surface area contributed by atoms with Gasteiger partial charge in [-0.1, -0.05) is 296 Å².